The highest BCUT2D eigenvalue weighted by Crippen LogP contribution is 2.26. The number of nitrogens with one attached hydrogen (secondary N) is 2. The van der Waals surface area contributed by atoms with Crippen LogP contribution in [0, 0.1) is 0 Å². The summed E-state index contributed by atoms with van der Waals surface area (Å²) < 4.78 is 5.37. The number of benzene rings is 1. The van der Waals surface area contributed by atoms with Crippen molar-refractivity contribution >= 4 is 36.4 Å². The molecule has 5 nitrogen and oxygen atoms in total. The van der Waals surface area contributed by atoms with Gasteiger partial charge in [0.15, 0.2) is 0 Å². The van der Waals surface area contributed by atoms with Crippen LogP contribution in [0.25, 0.3) is 0 Å². The first-order chi connectivity index (χ1) is 11.9. The third kappa shape index (κ3) is 6.53. The zero-order valence-electron chi connectivity index (χ0n) is 16.5. The number of halogens is 2. The standard InChI is InChI=1S/C20H31N3O2.2ClH/c1-20(2,3)15-4-6-17(7-5-15)23-11-8-16(9-12-23)22-19(24)18-14-25-13-10-21-18;;/h4-7,16,18,21H,8-14H2,1-3H3,(H,22,24);2*1H. The van der Waals surface area contributed by atoms with Crippen molar-refractivity contribution in [2.75, 3.05) is 37.7 Å². The molecular formula is C20H33Cl2N3O2. The van der Waals surface area contributed by atoms with E-state index in [4.69, 9.17) is 4.74 Å². The maximum Gasteiger partial charge on any atom is 0.239 e. The summed E-state index contributed by atoms with van der Waals surface area (Å²) >= 11 is 0. The molecule has 0 aliphatic carbocycles. The molecule has 0 bridgehead atoms. The summed E-state index contributed by atoms with van der Waals surface area (Å²) in [6.07, 6.45) is 1.97. The van der Waals surface area contributed by atoms with Crippen LogP contribution in [0.1, 0.15) is 39.2 Å². The number of carbonyl (C=O) groups excluding carboxylic acids is 1. The molecule has 2 aliphatic rings. The Morgan fingerprint density at radius 1 is 1.15 bits per heavy atom. The molecule has 7 heteroatoms. The first kappa shape index (κ1) is 24.0. The van der Waals surface area contributed by atoms with E-state index in [0.29, 0.717) is 13.2 Å². The van der Waals surface area contributed by atoms with E-state index in [1.807, 2.05) is 0 Å². The second-order valence-electron chi connectivity index (χ2n) is 8.15. The second kappa shape index (κ2) is 10.5. The van der Waals surface area contributed by atoms with Crippen LogP contribution in [0.4, 0.5) is 5.69 Å². The van der Waals surface area contributed by atoms with Gasteiger partial charge < -0.3 is 20.3 Å². The van der Waals surface area contributed by atoms with E-state index in [1.165, 1.54) is 11.3 Å². The zero-order chi connectivity index (χ0) is 17.9. The monoisotopic (exact) mass is 417 g/mol. The molecule has 2 N–H and O–H groups in total. The van der Waals surface area contributed by atoms with Crippen LogP contribution in [0.2, 0.25) is 0 Å². The molecule has 27 heavy (non-hydrogen) atoms. The maximum atomic E-state index is 12.3. The summed E-state index contributed by atoms with van der Waals surface area (Å²) in [5, 5.41) is 6.39. The quantitative estimate of drug-likeness (QED) is 0.793. The molecule has 0 spiro atoms. The van der Waals surface area contributed by atoms with E-state index < -0.39 is 0 Å². The highest BCUT2D eigenvalue weighted by Gasteiger charge is 2.26. The lowest BCUT2D eigenvalue weighted by Crippen LogP contribution is -2.54. The number of nitrogens with zero attached hydrogens (tertiary/aromatic N) is 1. The van der Waals surface area contributed by atoms with Gasteiger partial charge in [-0.1, -0.05) is 32.9 Å². The van der Waals surface area contributed by atoms with Crippen LogP contribution in [-0.2, 0) is 14.9 Å². The Hall–Kier alpha value is -1.01. The Balaban J connectivity index is 0.00000182. The Morgan fingerprint density at radius 2 is 1.78 bits per heavy atom. The fraction of sp³-hybridized carbons (Fsp3) is 0.650. The predicted octanol–water partition coefficient (Wildman–Crippen LogP) is 2.90. The van der Waals surface area contributed by atoms with Gasteiger partial charge in [-0.25, -0.2) is 0 Å². The van der Waals surface area contributed by atoms with Crippen molar-refractivity contribution in [1.82, 2.24) is 10.6 Å². The predicted molar refractivity (Wildman–Crippen MR) is 116 cm³/mol. The van der Waals surface area contributed by atoms with Gasteiger partial charge in [-0.3, -0.25) is 4.79 Å². The lowest BCUT2D eigenvalue weighted by atomic mass is 9.87. The zero-order valence-corrected chi connectivity index (χ0v) is 18.1. The molecule has 2 aliphatic heterocycles. The molecule has 0 saturated carbocycles. The summed E-state index contributed by atoms with van der Waals surface area (Å²) in [6, 6.07) is 8.99. The first-order valence-electron chi connectivity index (χ1n) is 9.40. The van der Waals surface area contributed by atoms with E-state index >= 15 is 0 Å². The van der Waals surface area contributed by atoms with Gasteiger partial charge in [0.2, 0.25) is 5.91 Å². The number of amides is 1. The summed E-state index contributed by atoms with van der Waals surface area (Å²) in [5.41, 5.74) is 2.83. The largest absolute Gasteiger partial charge is 0.378 e. The second-order valence-corrected chi connectivity index (χ2v) is 8.15. The van der Waals surface area contributed by atoms with Crippen molar-refractivity contribution in [1.29, 1.82) is 0 Å². The molecule has 1 amide bonds. The van der Waals surface area contributed by atoms with Gasteiger partial charge in [0.05, 0.1) is 13.2 Å². The number of anilines is 1. The van der Waals surface area contributed by atoms with E-state index in [1.54, 1.807) is 0 Å². The summed E-state index contributed by atoms with van der Waals surface area (Å²) in [5.74, 6) is 0.0766. The van der Waals surface area contributed by atoms with Crippen molar-refractivity contribution in [3.63, 3.8) is 0 Å². The summed E-state index contributed by atoms with van der Waals surface area (Å²) in [6.45, 7) is 10.6. The lowest BCUT2D eigenvalue weighted by molar-refractivity contribution is -0.126. The van der Waals surface area contributed by atoms with Crippen LogP contribution in [-0.4, -0.2) is 50.8 Å². The van der Waals surface area contributed by atoms with Gasteiger partial charge in [0.25, 0.3) is 0 Å². The highest BCUT2D eigenvalue weighted by molar-refractivity contribution is 5.85. The minimum absolute atomic E-state index is 0. The van der Waals surface area contributed by atoms with Crippen molar-refractivity contribution in [2.45, 2.75) is 51.1 Å². The van der Waals surface area contributed by atoms with Gasteiger partial charge >= 0.3 is 0 Å². The maximum absolute atomic E-state index is 12.3. The number of hydrogen-bond donors (Lipinski definition) is 2. The van der Waals surface area contributed by atoms with Gasteiger partial charge in [-0.15, -0.1) is 24.8 Å². The van der Waals surface area contributed by atoms with Crippen molar-refractivity contribution in [2.24, 2.45) is 0 Å². The molecule has 1 aromatic rings. The fourth-order valence-corrected chi connectivity index (χ4v) is 3.49. The van der Waals surface area contributed by atoms with Crippen molar-refractivity contribution in [3.8, 4) is 0 Å². The van der Waals surface area contributed by atoms with Gasteiger partial charge in [-0.2, -0.15) is 0 Å². The van der Waals surface area contributed by atoms with Gasteiger partial charge in [0.1, 0.15) is 6.04 Å². The molecule has 2 fully saturated rings. The highest BCUT2D eigenvalue weighted by atomic mass is 35.5. The summed E-state index contributed by atoms with van der Waals surface area (Å²) in [4.78, 5) is 14.7. The molecule has 2 saturated heterocycles. The summed E-state index contributed by atoms with van der Waals surface area (Å²) in [7, 11) is 0. The average Bonchev–Trinajstić information content (AvgIpc) is 2.62. The lowest BCUT2D eigenvalue weighted by Gasteiger charge is -2.35. The molecule has 2 heterocycles. The van der Waals surface area contributed by atoms with Crippen molar-refractivity contribution in [3.05, 3.63) is 29.8 Å². The molecule has 154 valence electrons. The smallest absolute Gasteiger partial charge is 0.239 e. The molecule has 1 aromatic carbocycles. The average molecular weight is 418 g/mol. The topological polar surface area (TPSA) is 53.6 Å². The number of hydrogen-bond acceptors (Lipinski definition) is 4. The van der Waals surface area contributed by atoms with Crippen molar-refractivity contribution < 1.29 is 9.53 Å². The SMILES string of the molecule is CC(C)(C)c1ccc(N2CCC(NC(=O)C3COCCN3)CC2)cc1.Cl.Cl. The van der Waals surface area contributed by atoms with Crippen LogP contribution in [0.5, 0.6) is 0 Å². The van der Waals surface area contributed by atoms with E-state index in [0.717, 1.165) is 32.5 Å². The third-order valence-electron chi connectivity index (χ3n) is 5.18. The van der Waals surface area contributed by atoms with Crippen LogP contribution < -0.4 is 15.5 Å². The first-order valence-corrected chi connectivity index (χ1v) is 9.40. The number of ether oxygens (including phenoxy) is 1. The molecule has 1 unspecified atom stereocenters. The number of piperidine rings is 1. The molecule has 0 radical (unpaired) electrons. The Morgan fingerprint density at radius 3 is 2.30 bits per heavy atom. The minimum Gasteiger partial charge on any atom is -0.378 e. The van der Waals surface area contributed by atoms with E-state index in [2.05, 4.69) is 60.6 Å². The van der Waals surface area contributed by atoms with Crippen LogP contribution in [0.15, 0.2) is 24.3 Å². The Bertz CT molecular complexity index is 576. The molecular weight excluding hydrogens is 385 g/mol. The number of rotatable bonds is 3. The van der Waals surface area contributed by atoms with E-state index in [9.17, 15) is 4.79 Å². The Labute approximate surface area is 175 Å². The minimum atomic E-state index is -0.197. The number of carbonyl (C=O) groups is 1. The molecule has 0 aromatic heterocycles. The fourth-order valence-electron chi connectivity index (χ4n) is 3.49. The molecule has 1 atom stereocenters. The van der Waals surface area contributed by atoms with Crippen LogP contribution >= 0.6 is 24.8 Å². The third-order valence-corrected chi connectivity index (χ3v) is 5.18. The number of morpholine rings is 1. The van der Waals surface area contributed by atoms with E-state index in [-0.39, 0.29) is 48.2 Å². The molecule has 3 rings (SSSR count). The van der Waals surface area contributed by atoms with Crippen LogP contribution in [0.3, 0.4) is 0 Å². The Kier molecular flexibility index (Phi) is 9.35. The van der Waals surface area contributed by atoms with Gasteiger partial charge in [-0.05, 0) is 36.0 Å². The van der Waals surface area contributed by atoms with Gasteiger partial charge in [0, 0.05) is 31.4 Å². The normalized spacial score (nSPS) is 21.0.